The van der Waals surface area contributed by atoms with Crippen molar-refractivity contribution in [2.24, 2.45) is 5.41 Å². The van der Waals surface area contributed by atoms with Crippen LogP contribution in [0.4, 0.5) is 0 Å². The van der Waals surface area contributed by atoms with Gasteiger partial charge in [-0.2, -0.15) is 0 Å². The van der Waals surface area contributed by atoms with Crippen LogP contribution in [0.2, 0.25) is 0 Å². The molecule has 2 unspecified atom stereocenters. The van der Waals surface area contributed by atoms with Crippen molar-refractivity contribution in [1.82, 2.24) is 0 Å². The van der Waals surface area contributed by atoms with Crippen LogP contribution in [0.1, 0.15) is 38.7 Å². The first-order chi connectivity index (χ1) is 9.02. The Hall–Kier alpha value is -1.35. The minimum absolute atomic E-state index is 0.272. The molecule has 2 rings (SSSR count). The van der Waals surface area contributed by atoms with Crippen LogP contribution in [-0.2, 0) is 16.0 Å². The van der Waals surface area contributed by atoms with Gasteiger partial charge in [0.1, 0.15) is 0 Å². The molecule has 1 aromatic rings. The van der Waals surface area contributed by atoms with E-state index in [0.717, 1.165) is 12.0 Å². The fraction of sp³-hybridized carbons (Fsp3) is 0.562. The zero-order valence-corrected chi connectivity index (χ0v) is 11.7. The van der Waals surface area contributed by atoms with Crippen molar-refractivity contribution in [2.75, 3.05) is 6.61 Å². The van der Waals surface area contributed by atoms with Gasteiger partial charge in [-0.05, 0) is 38.7 Å². The van der Waals surface area contributed by atoms with Gasteiger partial charge in [0.05, 0.1) is 17.6 Å². The van der Waals surface area contributed by atoms with Crippen LogP contribution in [0.25, 0.3) is 0 Å². The van der Waals surface area contributed by atoms with Gasteiger partial charge >= 0.3 is 5.97 Å². The maximum absolute atomic E-state index is 12.2. The topological polar surface area (TPSA) is 46.5 Å². The number of aliphatic hydroxyl groups is 1. The number of carbonyl (C=O) groups excluding carboxylic acids is 1. The average Bonchev–Trinajstić information content (AvgIpc) is 2.68. The summed E-state index contributed by atoms with van der Waals surface area (Å²) < 4.78 is 5.16. The van der Waals surface area contributed by atoms with Crippen molar-refractivity contribution in [2.45, 2.75) is 45.1 Å². The Morgan fingerprint density at radius 2 is 2.00 bits per heavy atom. The summed E-state index contributed by atoms with van der Waals surface area (Å²) in [7, 11) is 0. The first-order valence-electron chi connectivity index (χ1n) is 6.95. The van der Waals surface area contributed by atoms with Crippen LogP contribution in [0.5, 0.6) is 0 Å². The lowest BCUT2D eigenvalue weighted by Gasteiger charge is -2.37. The fourth-order valence-corrected chi connectivity index (χ4v) is 3.04. The van der Waals surface area contributed by atoms with Gasteiger partial charge in [0, 0.05) is 6.42 Å². The third kappa shape index (κ3) is 2.52. The monoisotopic (exact) mass is 262 g/mol. The highest BCUT2D eigenvalue weighted by molar-refractivity contribution is 5.78. The van der Waals surface area contributed by atoms with E-state index in [9.17, 15) is 9.90 Å². The summed E-state index contributed by atoms with van der Waals surface area (Å²) in [5.74, 6) is -0.272. The first-order valence-corrected chi connectivity index (χ1v) is 6.95. The van der Waals surface area contributed by atoms with Gasteiger partial charge in [-0.15, -0.1) is 0 Å². The lowest BCUT2D eigenvalue weighted by Crippen LogP contribution is -2.49. The Morgan fingerprint density at radius 1 is 1.32 bits per heavy atom. The SMILES string of the molecule is CCOC(=O)C1(C)CCCC1(O)Cc1ccccc1. The Morgan fingerprint density at radius 3 is 2.63 bits per heavy atom. The van der Waals surface area contributed by atoms with E-state index in [4.69, 9.17) is 4.74 Å². The smallest absolute Gasteiger partial charge is 0.314 e. The van der Waals surface area contributed by atoms with Crippen LogP contribution in [0.15, 0.2) is 30.3 Å². The maximum Gasteiger partial charge on any atom is 0.314 e. The molecule has 3 heteroatoms. The molecule has 1 saturated carbocycles. The number of benzene rings is 1. The first kappa shape index (κ1) is 14.1. The summed E-state index contributed by atoms with van der Waals surface area (Å²) in [6.45, 7) is 3.99. The molecule has 1 N–H and O–H groups in total. The Bertz CT molecular complexity index is 443. The van der Waals surface area contributed by atoms with Crippen molar-refractivity contribution in [3.05, 3.63) is 35.9 Å². The molecule has 0 spiro atoms. The molecule has 1 fully saturated rings. The van der Waals surface area contributed by atoms with Crippen LogP contribution in [0, 0.1) is 5.41 Å². The molecule has 0 heterocycles. The van der Waals surface area contributed by atoms with E-state index < -0.39 is 11.0 Å². The van der Waals surface area contributed by atoms with E-state index in [1.807, 2.05) is 37.3 Å². The molecule has 19 heavy (non-hydrogen) atoms. The van der Waals surface area contributed by atoms with Crippen LogP contribution >= 0.6 is 0 Å². The highest BCUT2D eigenvalue weighted by Crippen LogP contribution is 2.48. The molecule has 0 radical (unpaired) electrons. The van der Waals surface area contributed by atoms with E-state index in [0.29, 0.717) is 25.9 Å². The minimum Gasteiger partial charge on any atom is -0.465 e. The van der Waals surface area contributed by atoms with E-state index in [-0.39, 0.29) is 5.97 Å². The number of hydrogen-bond acceptors (Lipinski definition) is 3. The predicted molar refractivity (Wildman–Crippen MR) is 73.7 cm³/mol. The zero-order valence-electron chi connectivity index (χ0n) is 11.7. The van der Waals surface area contributed by atoms with Gasteiger partial charge in [0.2, 0.25) is 0 Å². The van der Waals surface area contributed by atoms with Crippen LogP contribution < -0.4 is 0 Å². The van der Waals surface area contributed by atoms with Crippen molar-refractivity contribution >= 4 is 5.97 Å². The average molecular weight is 262 g/mol. The maximum atomic E-state index is 12.2. The molecule has 2 atom stereocenters. The molecule has 0 saturated heterocycles. The number of hydrogen-bond donors (Lipinski definition) is 1. The minimum atomic E-state index is -0.999. The lowest BCUT2D eigenvalue weighted by atomic mass is 9.73. The molecule has 104 valence electrons. The molecule has 1 aliphatic rings. The van der Waals surface area contributed by atoms with Gasteiger partial charge in [-0.25, -0.2) is 0 Å². The summed E-state index contributed by atoms with van der Waals surface area (Å²) >= 11 is 0. The van der Waals surface area contributed by atoms with Gasteiger partial charge in [-0.1, -0.05) is 30.3 Å². The Balaban J connectivity index is 2.23. The largest absolute Gasteiger partial charge is 0.465 e. The van der Waals surface area contributed by atoms with Crippen molar-refractivity contribution in [3.8, 4) is 0 Å². The van der Waals surface area contributed by atoms with Gasteiger partial charge < -0.3 is 9.84 Å². The summed E-state index contributed by atoms with van der Waals surface area (Å²) in [5.41, 5.74) is -0.734. The number of rotatable bonds is 4. The summed E-state index contributed by atoms with van der Waals surface area (Å²) in [4.78, 5) is 12.2. The van der Waals surface area contributed by atoms with E-state index in [1.54, 1.807) is 6.92 Å². The second-order valence-corrected chi connectivity index (χ2v) is 5.60. The molecule has 3 nitrogen and oxygen atoms in total. The van der Waals surface area contributed by atoms with Crippen LogP contribution in [-0.4, -0.2) is 23.3 Å². The van der Waals surface area contributed by atoms with Gasteiger partial charge in [-0.3, -0.25) is 4.79 Å². The van der Waals surface area contributed by atoms with Crippen molar-refractivity contribution in [1.29, 1.82) is 0 Å². The summed E-state index contributed by atoms with van der Waals surface area (Å²) in [5, 5.41) is 11.0. The predicted octanol–water partition coefficient (Wildman–Crippen LogP) is 2.71. The quantitative estimate of drug-likeness (QED) is 0.849. The third-order valence-corrected chi connectivity index (χ3v) is 4.36. The molecule has 0 aromatic heterocycles. The molecule has 1 aromatic carbocycles. The summed E-state index contributed by atoms with van der Waals surface area (Å²) in [6.07, 6.45) is 2.70. The zero-order chi connectivity index (χ0) is 13.9. The lowest BCUT2D eigenvalue weighted by molar-refractivity contribution is -0.168. The van der Waals surface area contributed by atoms with E-state index in [1.165, 1.54) is 0 Å². The van der Waals surface area contributed by atoms with Crippen molar-refractivity contribution in [3.63, 3.8) is 0 Å². The van der Waals surface area contributed by atoms with Crippen LogP contribution in [0.3, 0.4) is 0 Å². The number of carbonyl (C=O) groups is 1. The van der Waals surface area contributed by atoms with Crippen molar-refractivity contribution < 1.29 is 14.6 Å². The Labute approximate surface area is 114 Å². The standard InChI is InChI=1S/C16H22O3/c1-3-19-14(17)15(2)10-7-11-16(15,18)12-13-8-5-4-6-9-13/h4-6,8-9,18H,3,7,10-12H2,1-2H3. The molecule has 0 bridgehead atoms. The molecular weight excluding hydrogens is 240 g/mol. The molecular formula is C16H22O3. The third-order valence-electron chi connectivity index (χ3n) is 4.36. The molecule has 0 amide bonds. The number of esters is 1. The Kier molecular flexibility index (Phi) is 3.95. The molecule has 0 aliphatic heterocycles. The fourth-order valence-electron chi connectivity index (χ4n) is 3.04. The highest BCUT2D eigenvalue weighted by Gasteiger charge is 2.56. The number of ether oxygens (including phenoxy) is 1. The second-order valence-electron chi connectivity index (χ2n) is 5.60. The normalized spacial score (nSPS) is 30.3. The highest BCUT2D eigenvalue weighted by atomic mass is 16.5. The summed E-state index contributed by atoms with van der Waals surface area (Å²) in [6, 6.07) is 9.83. The van der Waals surface area contributed by atoms with Gasteiger partial charge in [0.25, 0.3) is 0 Å². The van der Waals surface area contributed by atoms with Gasteiger partial charge in [0.15, 0.2) is 0 Å². The van der Waals surface area contributed by atoms with E-state index in [2.05, 4.69) is 0 Å². The molecule has 1 aliphatic carbocycles. The second kappa shape index (κ2) is 5.33. The van der Waals surface area contributed by atoms with E-state index >= 15 is 0 Å².